The monoisotopic (exact) mass is 422 g/mol. The van der Waals surface area contributed by atoms with Gasteiger partial charge in [-0.2, -0.15) is 0 Å². The average molecular weight is 425 g/mol. The van der Waals surface area contributed by atoms with Crippen LogP contribution >= 0.6 is 0 Å². The fraction of sp³-hybridized carbons (Fsp3) is 0.429. The number of hydrogen-bond acceptors (Lipinski definition) is 1. The number of rotatable bonds is 2. The van der Waals surface area contributed by atoms with Crippen LogP contribution in [0.1, 0.15) is 12.8 Å². The molecule has 1 fully saturated rings. The minimum Gasteiger partial charge on any atom is -1.00 e. The molecule has 1 heterocycles. The van der Waals surface area contributed by atoms with Crippen molar-refractivity contribution >= 4 is 10.9 Å². The topological polar surface area (TPSA) is 9.23 Å². The normalized spacial score (nSPS) is 25.4. The van der Waals surface area contributed by atoms with Crippen LogP contribution in [0.25, 0.3) is 0 Å². The molecule has 3 aliphatic rings. The van der Waals surface area contributed by atoms with Crippen LogP contribution in [-0.4, -0.2) is 10.9 Å². The zero-order valence-corrected chi connectivity index (χ0v) is 18.5. The van der Waals surface area contributed by atoms with E-state index in [1.165, 1.54) is 12.8 Å². The Kier molecular flexibility index (Phi) is 5.79. The molecule has 0 aromatic rings. The van der Waals surface area contributed by atoms with E-state index < -0.39 is 29.5 Å². The van der Waals surface area contributed by atoms with Crippen molar-refractivity contribution in [2.75, 3.05) is 0 Å². The molecular formula is C14H22Cl2OSi2Zr. The molecule has 3 rings (SSSR count). The van der Waals surface area contributed by atoms with Gasteiger partial charge in [0, 0.05) is 0 Å². The third-order valence-electron chi connectivity index (χ3n) is 4.82. The van der Waals surface area contributed by atoms with E-state index >= 15 is 0 Å². The van der Waals surface area contributed by atoms with Gasteiger partial charge in [0.15, 0.2) is 0 Å². The zero-order valence-electron chi connectivity index (χ0n) is 12.5. The Bertz CT molecular complexity index is 475. The second kappa shape index (κ2) is 6.14. The largest absolute Gasteiger partial charge is 1.00 e. The third-order valence-corrected chi connectivity index (χ3v) is 79.2. The van der Waals surface area contributed by atoms with Crippen LogP contribution in [0, 0.1) is 0 Å². The van der Waals surface area contributed by atoms with E-state index in [-0.39, 0.29) is 24.8 Å². The standard InChI is InChI=1S/2C5H5.C4H12OSi2.2ClH.Zr/c2*1-2-4-5-3-1;1-6(2)5-7(3)4;;;/h2*1-3H,4H2;1-4H3;2*1H;/q;;;;;+2/p-2. The minimum absolute atomic E-state index is 0. The summed E-state index contributed by atoms with van der Waals surface area (Å²) >= 11 is -2.40. The summed E-state index contributed by atoms with van der Waals surface area (Å²) in [6.45, 7) is 10.00. The first-order valence-corrected chi connectivity index (χ1v) is 22.5. The van der Waals surface area contributed by atoms with Crippen molar-refractivity contribution in [2.24, 2.45) is 0 Å². The van der Waals surface area contributed by atoms with Gasteiger partial charge in [-0.15, -0.1) is 0 Å². The minimum atomic E-state index is -2.40. The predicted molar refractivity (Wildman–Crippen MR) is 79.7 cm³/mol. The molecule has 0 N–H and O–H groups in total. The van der Waals surface area contributed by atoms with Crippen molar-refractivity contribution in [1.29, 1.82) is 0 Å². The molecule has 0 aromatic heterocycles. The van der Waals surface area contributed by atoms with Crippen LogP contribution < -0.4 is 24.8 Å². The fourth-order valence-corrected chi connectivity index (χ4v) is 98.5. The maximum atomic E-state index is 6.59. The predicted octanol–water partition coefficient (Wildman–Crippen LogP) is -1.73. The van der Waals surface area contributed by atoms with E-state index in [0.29, 0.717) is 0 Å². The molecule has 0 saturated carbocycles. The van der Waals surface area contributed by atoms with Gasteiger partial charge in [-0.1, -0.05) is 0 Å². The van der Waals surface area contributed by atoms with E-state index in [2.05, 4.69) is 62.6 Å². The van der Waals surface area contributed by atoms with Crippen molar-refractivity contribution in [3.05, 3.63) is 43.0 Å². The van der Waals surface area contributed by atoms with Crippen LogP contribution in [0.2, 0.25) is 26.2 Å². The van der Waals surface area contributed by atoms with Gasteiger partial charge in [0.2, 0.25) is 0 Å². The molecule has 1 saturated heterocycles. The van der Waals surface area contributed by atoms with Crippen LogP contribution in [0.5, 0.6) is 0 Å². The second-order valence-corrected chi connectivity index (χ2v) is 49.8. The summed E-state index contributed by atoms with van der Waals surface area (Å²) in [5, 5.41) is 0. The molecule has 0 atom stereocenters. The Morgan fingerprint density at radius 1 is 0.850 bits per heavy atom. The van der Waals surface area contributed by atoms with Gasteiger partial charge in [0.05, 0.1) is 0 Å². The maximum Gasteiger partial charge on any atom is -1.00 e. The molecule has 2 aliphatic carbocycles. The molecule has 1 aliphatic heterocycles. The summed E-state index contributed by atoms with van der Waals surface area (Å²) in [7, 11) is 0. The summed E-state index contributed by atoms with van der Waals surface area (Å²) in [5.74, 6) is 0. The first-order valence-electron chi connectivity index (χ1n) is 6.84. The number of halogens is 2. The molecule has 6 heteroatoms. The molecule has 0 bridgehead atoms. The van der Waals surface area contributed by atoms with E-state index in [4.69, 9.17) is 4.12 Å². The molecule has 0 aromatic carbocycles. The van der Waals surface area contributed by atoms with Crippen LogP contribution in [-0.2, 0) is 22.7 Å². The Morgan fingerprint density at radius 3 is 1.50 bits per heavy atom. The summed E-state index contributed by atoms with van der Waals surface area (Å²) in [6, 6.07) is 0. The smallest absolute Gasteiger partial charge is 1.00 e. The van der Waals surface area contributed by atoms with Crippen molar-refractivity contribution in [3.8, 4) is 0 Å². The summed E-state index contributed by atoms with van der Waals surface area (Å²) in [4.78, 5) is 0. The Morgan fingerprint density at radius 2 is 1.25 bits per heavy atom. The zero-order chi connectivity index (χ0) is 13.0. The SMILES string of the molecule is C[Si]1(C)O[Si](C)(C)[Zr+2]1([C]1=CC=CC1)[C]1=CC=CC1.[Cl-].[Cl-]. The van der Waals surface area contributed by atoms with Gasteiger partial charge in [-0.25, -0.2) is 0 Å². The van der Waals surface area contributed by atoms with Gasteiger partial charge in [-0.3, -0.25) is 0 Å². The second-order valence-electron chi connectivity index (χ2n) is 6.52. The van der Waals surface area contributed by atoms with Crippen molar-refractivity contribution in [3.63, 3.8) is 0 Å². The van der Waals surface area contributed by atoms with Gasteiger partial charge in [0.25, 0.3) is 0 Å². The van der Waals surface area contributed by atoms with Crippen molar-refractivity contribution in [2.45, 2.75) is 39.0 Å². The first kappa shape index (κ1) is 18.9. The van der Waals surface area contributed by atoms with E-state index in [0.717, 1.165) is 0 Å². The van der Waals surface area contributed by atoms with Gasteiger partial charge < -0.3 is 24.8 Å². The number of hydrogen-bond donors (Lipinski definition) is 0. The van der Waals surface area contributed by atoms with Crippen molar-refractivity contribution in [1.82, 2.24) is 0 Å². The molecule has 110 valence electrons. The summed E-state index contributed by atoms with van der Waals surface area (Å²) in [5.41, 5.74) is -2.88. The molecule has 1 nitrogen and oxygen atoms in total. The average Bonchev–Trinajstić information content (AvgIpc) is 2.87. The first-order chi connectivity index (χ1) is 8.42. The van der Waals surface area contributed by atoms with E-state index in [1.54, 1.807) is 0 Å². The molecule has 0 radical (unpaired) electrons. The number of allylic oxidation sites excluding steroid dienone is 8. The van der Waals surface area contributed by atoms with Crippen molar-refractivity contribution < 1.29 is 47.5 Å². The van der Waals surface area contributed by atoms with Gasteiger partial charge in [0.1, 0.15) is 0 Å². The van der Waals surface area contributed by atoms with Crippen LogP contribution in [0.4, 0.5) is 0 Å². The van der Waals surface area contributed by atoms with E-state index in [1.807, 2.05) is 6.56 Å². The molecule has 0 spiro atoms. The Hall–Kier alpha value is 0.817. The molecular weight excluding hydrogens is 402 g/mol. The van der Waals surface area contributed by atoms with Gasteiger partial charge in [-0.05, 0) is 0 Å². The van der Waals surface area contributed by atoms with Crippen LogP contribution in [0.15, 0.2) is 43.0 Å². The van der Waals surface area contributed by atoms with E-state index in [9.17, 15) is 0 Å². The van der Waals surface area contributed by atoms with Crippen LogP contribution in [0.3, 0.4) is 0 Å². The van der Waals surface area contributed by atoms with Gasteiger partial charge >= 0.3 is 116 Å². The molecule has 20 heavy (non-hydrogen) atoms. The summed E-state index contributed by atoms with van der Waals surface area (Å²) in [6.07, 6.45) is 16.6. The molecule has 0 unspecified atom stereocenters. The summed E-state index contributed by atoms with van der Waals surface area (Å²) < 4.78 is 10.3. The fourth-order valence-electron chi connectivity index (χ4n) is 4.67. The Balaban J connectivity index is 0.000001000. The quantitative estimate of drug-likeness (QED) is 0.479. The molecule has 0 amide bonds. The Labute approximate surface area is 139 Å². The third kappa shape index (κ3) is 2.31. The maximum absolute atomic E-state index is 6.59.